The van der Waals surface area contributed by atoms with Crippen molar-refractivity contribution >= 4 is 11.6 Å². The molecule has 2 heterocycles. The summed E-state index contributed by atoms with van der Waals surface area (Å²) in [5.41, 5.74) is 2.43. The molecule has 1 aromatic heterocycles. The topological polar surface area (TPSA) is 50.2 Å². The molecule has 23 heavy (non-hydrogen) atoms. The van der Waals surface area contributed by atoms with Crippen LogP contribution < -0.4 is 5.32 Å². The fourth-order valence-electron chi connectivity index (χ4n) is 3.10. The van der Waals surface area contributed by atoms with Gasteiger partial charge in [0.1, 0.15) is 6.04 Å². The number of aryl methyl sites for hydroxylation is 1. The van der Waals surface area contributed by atoms with E-state index in [-0.39, 0.29) is 11.9 Å². The first-order valence-electron chi connectivity index (χ1n) is 8.24. The van der Waals surface area contributed by atoms with Gasteiger partial charge < -0.3 is 10.2 Å². The summed E-state index contributed by atoms with van der Waals surface area (Å²) in [6, 6.07) is 10.5. The van der Waals surface area contributed by atoms with Crippen LogP contribution in [0.2, 0.25) is 0 Å². The second kappa shape index (κ2) is 6.86. The van der Waals surface area contributed by atoms with Gasteiger partial charge in [-0.1, -0.05) is 12.1 Å². The molecule has 1 N–H and O–H groups in total. The molecule has 5 nitrogen and oxygen atoms in total. The van der Waals surface area contributed by atoms with Crippen LogP contribution >= 0.6 is 0 Å². The molecule has 2 aromatic rings. The highest BCUT2D eigenvalue weighted by molar-refractivity contribution is 5.80. The Kier molecular flexibility index (Phi) is 4.65. The second-order valence-corrected chi connectivity index (χ2v) is 6.28. The summed E-state index contributed by atoms with van der Waals surface area (Å²) in [7, 11) is 0. The fourth-order valence-corrected chi connectivity index (χ4v) is 3.10. The molecule has 1 atom stereocenters. The van der Waals surface area contributed by atoms with Gasteiger partial charge in [0.15, 0.2) is 0 Å². The van der Waals surface area contributed by atoms with E-state index < -0.39 is 0 Å². The van der Waals surface area contributed by atoms with Crippen LogP contribution in [0.25, 0.3) is 0 Å². The highest BCUT2D eigenvalue weighted by atomic mass is 16.2. The number of likely N-dealkylation sites (tertiary alicyclic amines) is 1. The van der Waals surface area contributed by atoms with Crippen LogP contribution in [-0.2, 0) is 4.79 Å². The Balaban J connectivity index is 1.53. The number of hydrogen-bond donors (Lipinski definition) is 1. The molecular formula is C18H24N4O. The largest absolute Gasteiger partial charge is 0.382 e. The Hall–Kier alpha value is -2.30. The Bertz CT molecular complexity index is 645. The lowest BCUT2D eigenvalue weighted by molar-refractivity contribution is -0.135. The van der Waals surface area contributed by atoms with Crippen LogP contribution in [0.4, 0.5) is 5.69 Å². The zero-order chi connectivity index (χ0) is 16.2. The van der Waals surface area contributed by atoms with Crippen molar-refractivity contribution in [3.63, 3.8) is 0 Å². The Morgan fingerprint density at radius 1 is 1.30 bits per heavy atom. The molecule has 0 aliphatic carbocycles. The summed E-state index contributed by atoms with van der Waals surface area (Å²) in [5.74, 6) is 0.155. The standard InChI is InChI=1S/C18H24N4O/c1-14-5-3-6-17(13-14)20-16-7-11-21(12-8-16)18(23)15(2)22-10-4-9-19-22/h3-6,9-10,13,15-16,20H,7-8,11-12H2,1-2H3. The first-order valence-corrected chi connectivity index (χ1v) is 8.24. The molecule has 1 aliphatic heterocycles. The molecule has 0 bridgehead atoms. The minimum Gasteiger partial charge on any atom is -0.382 e. The van der Waals surface area contributed by atoms with Crippen molar-refractivity contribution in [3.05, 3.63) is 48.3 Å². The zero-order valence-electron chi connectivity index (χ0n) is 13.8. The minimum atomic E-state index is -0.230. The summed E-state index contributed by atoms with van der Waals surface area (Å²) in [6.07, 6.45) is 5.51. The predicted octanol–water partition coefficient (Wildman–Crippen LogP) is 2.86. The summed E-state index contributed by atoms with van der Waals surface area (Å²) in [6.45, 7) is 5.61. The van der Waals surface area contributed by atoms with Crippen LogP contribution in [0.15, 0.2) is 42.7 Å². The first kappa shape index (κ1) is 15.6. The Morgan fingerprint density at radius 2 is 2.09 bits per heavy atom. The van der Waals surface area contributed by atoms with Crippen LogP contribution in [0.1, 0.15) is 31.4 Å². The van der Waals surface area contributed by atoms with Crippen molar-refractivity contribution in [2.75, 3.05) is 18.4 Å². The molecule has 1 unspecified atom stereocenters. The third-order valence-electron chi connectivity index (χ3n) is 4.47. The number of anilines is 1. The van der Waals surface area contributed by atoms with E-state index in [1.165, 1.54) is 11.3 Å². The van der Waals surface area contributed by atoms with E-state index in [9.17, 15) is 4.79 Å². The van der Waals surface area contributed by atoms with Gasteiger partial charge in [0.05, 0.1) is 0 Å². The average molecular weight is 312 g/mol. The van der Waals surface area contributed by atoms with Gasteiger partial charge in [0.25, 0.3) is 0 Å². The molecule has 5 heteroatoms. The third-order valence-corrected chi connectivity index (χ3v) is 4.47. The lowest BCUT2D eigenvalue weighted by atomic mass is 10.0. The molecule has 0 radical (unpaired) electrons. The summed E-state index contributed by atoms with van der Waals surface area (Å²) in [4.78, 5) is 14.5. The fraction of sp³-hybridized carbons (Fsp3) is 0.444. The van der Waals surface area contributed by atoms with E-state index in [0.717, 1.165) is 25.9 Å². The van der Waals surface area contributed by atoms with E-state index in [0.29, 0.717) is 6.04 Å². The maximum absolute atomic E-state index is 12.6. The number of nitrogens with zero attached hydrogens (tertiary/aromatic N) is 3. The van der Waals surface area contributed by atoms with Crippen LogP contribution in [0.5, 0.6) is 0 Å². The number of hydrogen-bond acceptors (Lipinski definition) is 3. The van der Waals surface area contributed by atoms with Gasteiger partial charge in [-0.2, -0.15) is 5.10 Å². The highest BCUT2D eigenvalue weighted by Crippen LogP contribution is 2.19. The van der Waals surface area contributed by atoms with E-state index in [1.54, 1.807) is 10.9 Å². The molecule has 0 saturated carbocycles. The van der Waals surface area contributed by atoms with Gasteiger partial charge in [-0.05, 0) is 50.5 Å². The van der Waals surface area contributed by atoms with Crippen molar-refractivity contribution in [3.8, 4) is 0 Å². The monoisotopic (exact) mass is 312 g/mol. The summed E-state index contributed by atoms with van der Waals surface area (Å²) >= 11 is 0. The SMILES string of the molecule is Cc1cccc(NC2CCN(C(=O)C(C)n3cccn3)CC2)c1. The zero-order valence-corrected chi connectivity index (χ0v) is 13.8. The quantitative estimate of drug-likeness (QED) is 0.944. The van der Waals surface area contributed by atoms with Gasteiger partial charge in [-0.15, -0.1) is 0 Å². The molecule has 0 spiro atoms. The molecule has 122 valence electrons. The second-order valence-electron chi connectivity index (χ2n) is 6.28. The van der Waals surface area contributed by atoms with Crippen molar-refractivity contribution in [1.82, 2.24) is 14.7 Å². The lowest BCUT2D eigenvalue weighted by Crippen LogP contribution is -2.44. The molecular weight excluding hydrogens is 288 g/mol. The number of carbonyl (C=O) groups excluding carboxylic acids is 1. The van der Waals surface area contributed by atoms with Crippen LogP contribution in [0.3, 0.4) is 0 Å². The lowest BCUT2D eigenvalue weighted by Gasteiger charge is -2.34. The number of benzene rings is 1. The molecule has 3 rings (SSSR count). The number of rotatable bonds is 4. The van der Waals surface area contributed by atoms with Gasteiger partial charge in [0, 0.05) is 37.2 Å². The highest BCUT2D eigenvalue weighted by Gasteiger charge is 2.26. The number of aromatic nitrogens is 2. The van der Waals surface area contributed by atoms with Crippen molar-refractivity contribution in [2.24, 2.45) is 0 Å². The number of piperidine rings is 1. The maximum atomic E-state index is 12.6. The van der Waals surface area contributed by atoms with Gasteiger partial charge in [-0.3, -0.25) is 9.48 Å². The molecule has 1 aliphatic rings. The summed E-state index contributed by atoms with van der Waals surface area (Å²) < 4.78 is 1.72. The van der Waals surface area contributed by atoms with Gasteiger partial charge in [0.2, 0.25) is 5.91 Å². The molecule has 1 saturated heterocycles. The van der Waals surface area contributed by atoms with Crippen molar-refractivity contribution < 1.29 is 4.79 Å². The van der Waals surface area contributed by atoms with E-state index in [1.807, 2.05) is 24.1 Å². The maximum Gasteiger partial charge on any atom is 0.247 e. The first-order chi connectivity index (χ1) is 11.1. The van der Waals surface area contributed by atoms with Gasteiger partial charge >= 0.3 is 0 Å². The minimum absolute atomic E-state index is 0.155. The number of amides is 1. The third kappa shape index (κ3) is 3.73. The average Bonchev–Trinajstić information content (AvgIpc) is 3.09. The Labute approximate surface area is 137 Å². The molecule has 1 fully saturated rings. The van der Waals surface area contributed by atoms with Crippen molar-refractivity contribution in [1.29, 1.82) is 0 Å². The molecule has 1 amide bonds. The normalized spacial score (nSPS) is 17.0. The number of nitrogens with one attached hydrogen (secondary N) is 1. The van der Waals surface area contributed by atoms with Gasteiger partial charge in [-0.25, -0.2) is 0 Å². The smallest absolute Gasteiger partial charge is 0.247 e. The van der Waals surface area contributed by atoms with E-state index >= 15 is 0 Å². The number of carbonyl (C=O) groups is 1. The summed E-state index contributed by atoms with van der Waals surface area (Å²) in [5, 5.41) is 7.75. The molecule has 1 aromatic carbocycles. The Morgan fingerprint density at radius 3 is 2.74 bits per heavy atom. The predicted molar refractivity (Wildman–Crippen MR) is 91.3 cm³/mol. The van der Waals surface area contributed by atoms with Crippen LogP contribution in [-0.4, -0.2) is 39.7 Å². The van der Waals surface area contributed by atoms with E-state index in [2.05, 4.69) is 41.6 Å². The van der Waals surface area contributed by atoms with Crippen LogP contribution in [0, 0.1) is 6.92 Å². The van der Waals surface area contributed by atoms with Crippen molar-refractivity contribution in [2.45, 2.75) is 38.8 Å². The van der Waals surface area contributed by atoms with E-state index in [4.69, 9.17) is 0 Å².